The molecule has 0 saturated heterocycles. The molecule has 0 aliphatic carbocycles. The Bertz CT molecular complexity index is 857. The zero-order chi connectivity index (χ0) is 17.1. The molecule has 3 rings (SSSR count). The van der Waals surface area contributed by atoms with Crippen molar-refractivity contribution in [2.24, 2.45) is 0 Å². The third-order valence-corrected chi connectivity index (χ3v) is 4.25. The van der Waals surface area contributed by atoms with Gasteiger partial charge in [0.15, 0.2) is 17.7 Å². The Hall–Kier alpha value is -2.80. The van der Waals surface area contributed by atoms with Crippen LogP contribution >= 0.6 is 11.3 Å². The molecule has 0 saturated carbocycles. The van der Waals surface area contributed by atoms with Gasteiger partial charge in [0.2, 0.25) is 0 Å². The molecule has 0 aliphatic rings. The second-order valence-electron chi connectivity index (χ2n) is 5.14. The lowest BCUT2D eigenvalue weighted by Crippen LogP contribution is -2.22. The molecule has 24 heavy (non-hydrogen) atoms. The van der Waals surface area contributed by atoms with Crippen molar-refractivity contribution >= 4 is 23.1 Å². The molecule has 6 nitrogen and oxygen atoms in total. The summed E-state index contributed by atoms with van der Waals surface area (Å²) in [6.45, 7) is 2.89. The van der Waals surface area contributed by atoms with Gasteiger partial charge in [-0.1, -0.05) is 24.3 Å². The van der Waals surface area contributed by atoms with Gasteiger partial charge >= 0.3 is 5.97 Å². The zero-order valence-electron chi connectivity index (χ0n) is 13.2. The number of hydrogen-bond donors (Lipinski definition) is 0. The summed E-state index contributed by atoms with van der Waals surface area (Å²) < 4.78 is 6.69. The van der Waals surface area contributed by atoms with Crippen molar-refractivity contribution in [2.45, 2.75) is 20.0 Å². The molecule has 3 aromatic rings. The first-order valence-electron chi connectivity index (χ1n) is 7.34. The zero-order valence-corrected chi connectivity index (χ0v) is 14.0. The predicted octanol–water partition coefficient (Wildman–Crippen LogP) is 3.13. The lowest BCUT2D eigenvalue weighted by molar-refractivity contribution is -0.124. The number of esters is 1. The molecule has 0 N–H and O–H groups in total. The van der Waals surface area contributed by atoms with E-state index < -0.39 is 12.1 Å². The van der Waals surface area contributed by atoms with Crippen LogP contribution < -0.4 is 0 Å². The SMILES string of the molecule is CC(=O)C(C)OC(=O)c1nc(-c2cccs2)n(-c2ccccc2)n1. The maximum Gasteiger partial charge on any atom is 0.378 e. The molecule has 1 unspecified atom stereocenters. The first-order chi connectivity index (χ1) is 11.6. The molecule has 0 aliphatic heterocycles. The van der Waals surface area contributed by atoms with Crippen LogP contribution in [0.1, 0.15) is 24.5 Å². The molecule has 0 fully saturated rings. The van der Waals surface area contributed by atoms with Crippen molar-refractivity contribution in [1.29, 1.82) is 0 Å². The van der Waals surface area contributed by atoms with Gasteiger partial charge in [0.1, 0.15) is 0 Å². The molecule has 0 bridgehead atoms. The largest absolute Gasteiger partial charge is 0.449 e. The number of ketones is 1. The normalized spacial score (nSPS) is 11.9. The quantitative estimate of drug-likeness (QED) is 0.667. The number of para-hydroxylation sites is 1. The molecule has 122 valence electrons. The van der Waals surface area contributed by atoms with Gasteiger partial charge in [-0.05, 0) is 37.4 Å². The number of thiophene rings is 1. The standard InChI is InChI=1S/C17H15N3O3S/c1-11(21)12(2)23-17(22)15-18-16(14-9-6-10-24-14)20(19-15)13-7-4-3-5-8-13/h3-10,12H,1-2H3. The smallest absolute Gasteiger partial charge is 0.378 e. The van der Waals surface area contributed by atoms with E-state index in [9.17, 15) is 9.59 Å². The van der Waals surface area contributed by atoms with E-state index in [1.807, 2.05) is 47.8 Å². The average molecular weight is 341 g/mol. The third kappa shape index (κ3) is 3.26. The van der Waals surface area contributed by atoms with Crippen LogP contribution in [0, 0.1) is 0 Å². The highest BCUT2D eigenvalue weighted by atomic mass is 32.1. The number of carbonyl (C=O) groups is 2. The lowest BCUT2D eigenvalue weighted by Gasteiger charge is -2.07. The Morgan fingerprint density at radius 3 is 2.54 bits per heavy atom. The second kappa shape index (κ2) is 6.76. The molecule has 7 heteroatoms. The van der Waals surface area contributed by atoms with E-state index in [0.29, 0.717) is 5.82 Å². The van der Waals surface area contributed by atoms with E-state index in [2.05, 4.69) is 10.1 Å². The maximum absolute atomic E-state index is 12.2. The summed E-state index contributed by atoms with van der Waals surface area (Å²) in [5.41, 5.74) is 0.784. The Balaban J connectivity index is 2.01. The highest BCUT2D eigenvalue weighted by molar-refractivity contribution is 7.13. The Kier molecular flexibility index (Phi) is 4.52. The number of benzene rings is 1. The minimum atomic E-state index is -0.827. The van der Waals surface area contributed by atoms with Crippen LogP contribution in [0.4, 0.5) is 0 Å². The third-order valence-electron chi connectivity index (χ3n) is 3.39. The van der Waals surface area contributed by atoms with E-state index in [1.54, 1.807) is 4.68 Å². The lowest BCUT2D eigenvalue weighted by atomic mass is 10.3. The molecular weight excluding hydrogens is 326 g/mol. The molecule has 0 radical (unpaired) electrons. The second-order valence-corrected chi connectivity index (χ2v) is 6.09. The van der Waals surface area contributed by atoms with Gasteiger partial charge in [0.05, 0.1) is 10.6 Å². The number of rotatable bonds is 5. The maximum atomic E-state index is 12.2. The number of ether oxygens (including phenoxy) is 1. The van der Waals surface area contributed by atoms with Gasteiger partial charge in [0, 0.05) is 0 Å². The van der Waals surface area contributed by atoms with E-state index in [4.69, 9.17) is 4.74 Å². The highest BCUT2D eigenvalue weighted by Gasteiger charge is 2.23. The Morgan fingerprint density at radius 2 is 1.92 bits per heavy atom. The summed E-state index contributed by atoms with van der Waals surface area (Å²) in [7, 11) is 0. The summed E-state index contributed by atoms with van der Waals surface area (Å²) in [5.74, 6) is -0.469. The Labute approximate surface area is 142 Å². The van der Waals surface area contributed by atoms with Gasteiger partial charge in [-0.3, -0.25) is 4.79 Å². The van der Waals surface area contributed by atoms with Gasteiger partial charge in [-0.15, -0.1) is 16.4 Å². The van der Waals surface area contributed by atoms with Crippen LogP contribution in [0.15, 0.2) is 47.8 Å². The molecule has 2 aromatic heterocycles. The fourth-order valence-electron chi connectivity index (χ4n) is 2.01. The fourth-order valence-corrected chi connectivity index (χ4v) is 2.71. The van der Waals surface area contributed by atoms with Crippen LogP contribution in [0.5, 0.6) is 0 Å². The molecule has 0 spiro atoms. The monoisotopic (exact) mass is 341 g/mol. The molecule has 1 aromatic carbocycles. The summed E-state index contributed by atoms with van der Waals surface area (Å²) in [6.07, 6.45) is -0.827. The van der Waals surface area contributed by atoms with Gasteiger partial charge in [-0.2, -0.15) is 4.98 Å². The number of hydrogen-bond acceptors (Lipinski definition) is 6. The topological polar surface area (TPSA) is 74.1 Å². The van der Waals surface area contributed by atoms with Crippen LogP contribution in [-0.4, -0.2) is 32.6 Å². The fraction of sp³-hybridized carbons (Fsp3) is 0.176. The number of nitrogens with zero attached hydrogens (tertiary/aromatic N) is 3. The van der Waals surface area contributed by atoms with Crippen molar-refractivity contribution in [3.05, 3.63) is 53.7 Å². The van der Waals surface area contributed by atoms with E-state index in [-0.39, 0.29) is 11.6 Å². The van der Waals surface area contributed by atoms with Gasteiger partial charge in [-0.25, -0.2) is 9.48 Å². The van der Waals surface area contributed by atoms with Gasteiger partial charge < -0.3 is 4.74 Å². The summed E-state index contributed by atoms with van der Waals surface area (Å²) in [5, 5.41) is 6.20. The van der Waals surface area contributed by atoms with Crippen LogP contribution in [-0.2, 0) is 9.53 Å². The minimum Gasteiger partial charge on any atom is -0.449 e. The van der Waals surface area contributed by atoms with Crippen molar-refractivity contribution < 1.29 is 14.3 Å². The van der Waals surface area contributed by atoms with E-state index in [1.165, 1.54) is 25.2 Å². The molecule has 0 amide bonds. The molecule has 1 atom stereocenters. The van der Waals surface area contributed by atoms with Crippen LogP contribution in [0.3, 0.4) is 0 Å². The van der Waals surface area contributed by atoms with E-state index in [0.717, 1.165) is 10.6 Å². The van der Waals surface area contributed by atoms with E-state index >= 15 is 0 Å². The average Bonchev–Trinajstić information content (AvgIpc) is 3.24. The summed E-state index contributed by atoms with van der Waals surface area (Å²) in [6, 6.07) is 13.2. The summed E-state index contributed by atoms with van der Waals surface area (Å²) >= 11 is 1.50. The van der Waals surface area contributed by atoms with Crippen molar-refractivity contribution in [3.63, 3.8) is 0 Å². The predicted molar refractivity (Wildman–Crippen MR) is 90.2 cm³/mol. The Morgan fingerprint density at radius 1 is 1.17 bits per heavy atom. The number of Topliss-reactive ketones (excluding diaryl/α,β-unsaturated/α-hetero) is 1. The van der Waals surface area contributed by atoms with Gasteiger partial charge in [0.25, 0.3) is 5.82 Å². The number of carbonyl (C=O) groups excluding carboxylic acids is 2. The van der Waals surface area contributed by atoms with Crippen molar-refractivity contribution in [2.75, 3.05) is 0 Å². The molecular formula is C17H15N3O3S. The van der Waals surface area contributed by atoms with Crippen LogP contribution in [0.25, 0.3) is 16.4 Å². The molecule has 2 heterocycles. The summed E-state index contributed by atoms with van der Waals surface area (Å²) in [4.78, 5) is 28.7. The van der Waals surface area contributed by atoms with Crippen molar-refractivity contribution in [3.8, 4) is 16.4 Å². The van der Waals surface area contributed by atoms with Crippen LogP contribution in [0.2, 0.25) is 0 Å². The first kappa shape index (κ1) is 16.1. The first-order valence-corrected chi connectivity index (χ1v) is 8.22. The minimum absolute atomic E-state index is 0.0737. The number of aromatic nitrogens is 3. The van der Waals surface area contributed by atoms with Crippen molar-refractivity contribution in [1.82, 2.24) is 14.8 Å². The highest BCUT2D eigenvalue weighted by Crippen LogP contribution is 2.25.